The summed E-state index contributed by atoms with van der Waals surface area (Å²) in [5.74, 6) is 0. The van der Waals surface area contributed by atoms with Crippen LogP contribution in [0.2, 0.25) is 0 Å². The third kappa shape index (κ3) is 1.20. The van der Waals surface area contributed by atoms with Crippen molar-refractivity contribution < 1.29 is 0 Å². The van der Waals surface area contributed by atoms with Crippen molar-refractivity contribution in [1.29, 1.82) is 0 Å². The predicted octanol–water partition coefficient (Wildman–Crippen LogP) is 0.160. The molecule has 0 saturated heterocycles. The minimum absolute atomic E-state index is 0.396. The molecule has 3 rings (SSSR count). The average Bonchev–Trinajstić information content (AvgIpc) is 2.27. The molecular formula is C10H6N4O2. The van der Waals surface area contributed by atoms with Crippen molar-refractivity contribution in [2.75, 3.05) is 0 Å². The predicted molar refractivity (Wildman–Crippen MR) is 58.3 cm³/mol. The summed E-state index contributed by atoms with van der Waals surface area (Å²) >= 11 is 0. The number of H-pyrrole nitrogens is 2. The number of aromatic amines is 2. The maximum absolute atomic E-state index is 11.5. The second-order valence-corrected chi connectivity index (χ2v) is 3.35. The van der Waals surface area contributed by atoms with Gasteiger partial charge in [-0.25, -0.2) is 4.79 Å². The molecule has 0 aliphatic heterocycles. The van der Waals surface area contributed by atoms with Crippen LogP contribution in [-0.2, 0) is 0 Å². The van der Waals surface area contributed by atoms with Crippen LogP contribution in [0, 0.1) is 0 Å². The Bertz CT molecular complexity index is 803. The average molecular weight is 214 g/mol. The maximum Gasteiger partial charge on any atom is 0.326 e. The first kappa shape index (κ1) is 8.78. The fourth-order valence-corrected chi connectivity index (χ4v) is 1.63. The number of rotatable bonds is 0. The fraction of sp³-hybridized carbons (Fsp3) is 0. The Hall–Kier alpha value is -2.50. The molecule has 3 aromatic rings. The van der Waals surface area contributed by atoms with Crippen LogP contribution >= 0.6 is 0 Å². The summed E-state index contributed by atoms with van der Waals surface area (Å²) in [6, 6.07) is 3.24. The first-order valence-corrected chi connectivity index (χ1v) is 4.61. The standard InChI is InChI=1S/C10H6N4O2/c15-9-5-3-7-8(12-2-1-11-7)4-6(5)13-10(16)14-9/h1-4H,(H2,13,14,15,16). The molecule has 2 N–H and O–H groups in total. The zero-order valence-corrected chi connectivity index (χ0v) is 8.02. The van der Waals surface area contributed by atoms with Gasteiger partial charge in [-0.15, -0.1) is 0 Å². The molecule has 1 aromatic carbocycles. The minimum Gasteiger partial charge on any atom is -0.307 e. The van der Waals surface area contributed by atoms with Crippen LogP contribution in [0.15, 0.2) is 34.1 Å². The minimum atomic E-state index is -0.527. The van der Waals surface area contributed by atoms with Gasteiger partial charge in [0.2, 0.25) is 0 Å². The van der Waals surface area contributed by atoms with Crippen LogP contribution in [0.25, 0.3) is 21.9 Å². The Morgan fingerprint density at radius 2 is 1.62 bits per heavy atom. The van der Waals surface area contributed by atoms with Gasteiger partial charge in [0.05, 0.1) is 21.9 Å². The largest absolute Gasteiger partial charge is 0.326 e. The summed E-state index contributed by atoms with van der Waals surface area (Å²) in [6.07, 6.45) is 3.10. The van der Waals surface area contributed by atoms with Crippen LogP contribution in [0.1, 0.15) is 0 Å². The number of benzene rings is 1. The second kappa shape index (κ2) is 2.99. The third-order valence-corrected chi connectivity index (χ3v) is 2.33. The smallest absolute Gasteiger partial charge is 0.307 e. The zero-order chi connectivity index (χ0) is 11.1. The summed E-state index contributed by atoms with van der Waals surface area (Å²) in [5, 5.41) is 0.396. The van der Waals surface area contributed by atoms with E-state index in [0.717, 1.165) is 0 Å². The lowest BCUT2D eigenvalue weighted by Crippen LogP contribution is -2.21. The number of fused-ring (bicyclic) bond motifs is 2. The van der Waals surface area contributed by atoms with E-state index in [4.69, 9.17) is 0 Å². The van der Waals surface area contributed by atoms with Crippen molar-refractivity contribution in [3.05, 3.63) is 45.4 Å². The quantitative estimate of drug-likeness (QED) is 0.521. The molecule has 0 aliphatic carbocycles. The Balaban J connectivity index is 2.61. The van der Waals surface area contributed by atoms with E-state index in [9.17, 15) is 9.59 Å². The van der Waals surface area contributed by atoms with Gasteiger partial charge in [0.25, 0.3) is 5.56 Å². The molecule has 0 atom stereocenters. The molecule has 16 heavy (non-hydrogen) atoms. The Labute approximate surface area is 88.0 Å². The van der Waals surface area contributed by atoms with Crippen molar-refractivity contribution in [2.45, 2.75) is 0 Å². The highest BCUT2D eigenvalue weighted by Crippen LogP contribution is 2.13. The first-order valence-electron chi connectivity index (χ1n) is 4.61. The molecule has 0 saturated carbocycles. The van der Waals surface area contributed by atoms with E-state index in [0.29, 0.717) is 21.9 Å². The summed E-state index contributed by atoms with van der Waals surface area (Å²) in [5.41, 5.74) is 0.762. The van der Waals surface area contributed by atoms with Gasteiger partial charge in [0, 0.05) is 12.4 Å². The SMILES string of the molecule is O=c1[nH]c(=O)c2cc3nccnc3cc2[nH]1. The summed E-state index contributed by atoms with van der Waals surface area (Å²) < 4.78 is 0. The number of nitrogens with one attached hydrogen (secondary N) is 2. The fourth-order valence-electron chi connectivity index (χ4n) is 1.63. The van der Waals surface area contributed by atoms with Gasteiger partial charge >= 0.3 is 5.69 Å². The molecule has 0 bridgehead atoms. The lowest BCUT2D eigenvalue weighted by molar-refractivity contribution is 1.08. The molecule has 0 spiro atoms. The highest BCUT2D eigenvalue weighted by Gasteiger charge is 2.03. The van der Waals surface area contributed by atoms with E-state index >= 15 is 0 Å². The molecule has 0 fully saturated rings. The lowest BCUT2D eigenvalue weighted by atomic mass is 10.2. The van der Waals surface area contributed by atoms with Crippen molar-refractivity contribution in [2.24, 2.45) is 0 Å². The van der Waals surface area contributed by atoms with Crippen molar-refractivity contribution >= 4 is 21.9 Å². The molecule has 2 heterocycles. The number of nitrogens with zero attached hydrogens (tertiary/aromatic N) is 2. The van der Waals surface area contributed by atoms with Crippen LogP contribution in [0.5, 0.6) is 0 Å². The van der Waals surface area contributed by atoms with E-state index < -0.39 is 11.2 Å². The van der Waals surface area contributed by atoms with Crippen molar-refractivity contribution in [3.8, 4) is 0 Å². The molecule has 6 nitrogen and oxygen atoms in total. The summed E-state index contributed by atoms with van der Waals surface area (Å²) in [6.45, 7) is 0. The molecule has 0 aliphatic rings. The number of hydrogen-bond donors (Lipinski definition) is 2. The van der Waals surface area contributed by atoms with Gasteiger partial charge < -0.3 is 4.98 Å². The van der Waals surface area contributed by atoms with Gasteiger partial charge in [-0.1, -0.05) is 0 Å². The molecule has 2 aromatic heterocycles. The van der Waals surface area contributed by atoms with Crippen LogP contribution in [-0.4, -0.2) is 19.9 Å². The van der Waals surface area contributed by atoms with E-state index in [1.807, 2.05) is 0 Å². The van der Waals surface area contributed by atoms with E-state index in [2.05, 4.69) is 19.9 Å². The molecule has 6 heteroatoms. The van der Waals surface area contributed by atoms with E-state index in [-0.39, 0.29) is 0 Å². The van der Waals surface area contributed by atoms with Gasteiger partial charge in [-0.3, -0.25) is 19.7 Å². The maximum atomic E-state index is 11.5. The van der Waals surface area contributed by atoms with Crippen LogP contribution in [0.3, 0.4) is 0 Å². The molecule has 78 valence electrons. The van der Waals surface area contributed by atoms with Crippen molar-refractivity contribution in [3.63, 3.8) is 0 Å². The molecule has 0 amide bonds. The van der Waals surface area contributed by atoms with Gasteiger partial charge in [-0.05, 0) is 12.1 Å². The first-order chi connectivity index (χ1) is 7.74. The zero-order valence-electron chi connectivity index (χ0n) is 8.02. The third-order valence-electron chi connectivity index (χ3n) is 2.33. The highest BCUT2D eigenvalue weighted by atomic mass is 16.2. The lowest BCUT2D eigenvalue weighted by Gasteiger charge is -1.98. The van der Waals surface area contributed by atoms with Gasteiger partial charge in [0.1, 0.15) is 0 Å². The normalized spacial score (nSPS) is 11.0. The summed E-state index contributed by atoms with van der Waals surface area (Å²) in [7, 11) is 0. The monoisotopic (exact) mass is 214 g/mol. The van der Waals surface area contributed by atoms with E-state index in [1.54, 1.807) is 24.5 Å². The van der Waals surface area contributed by atoms with Gasteiger partial charge in [-0.2, -0.15) is 0 Å². The number of aromatic nitrogens is 4. The van der Waals surface area contributed by atoms with Crippen LogP contribution < -0.4 is 11.2 Å². The highest BCUT2D eigenvalue weighted by molar-refractivity contribution is 5.91. The summed E-state index contributed by atoms with van der Waals surface area (Å²) in [4.78, 5) is 35.5. The second-order valence-electron chi connectivity index (χ2n) is 3.35. The Kier molecular flexibility index (Phi) is 1.64. The molecular weight excluding hydrogens is 208 g/mol. The topological polar surface area (TPSA) is 91.5 Å². The Morgan fingerprint density at radius 1 is 0.938 bits per heavy atom. The van der Waals surface area contributed by atoms with Gasteiger partial charge in [0.15, 0.2) is 0 Å². The van der Waals surface area contributed by atoms with Crippen LogP contribution in [0.4, 0.5) is 0 Å². The number of hydrogen-bond acceptors (Lipinski definition) is 4. The molecule has 0 unspecified atom stereocenters. The Morgan fingerprint density at radius 3 is 2.38 bits per heavy atom. The molecule has 0 radical (unpaired) electrons. The van der Waals surface area contributed by atoms with Crippen molar-refractivity contribution in [1.82, 2.24) is 19.9 Å². The van der Waals surface area contributed by atoms with E-state index in [1.165, 1.54) is 0 Å².